The first-order valence-electron chi connectivity index (χ1n) is 7.44. The SMILES string of the molecule is CC1(CNc2c(C#N)cnc3ccccc23)CCNCC1. The van der Waals surface area contributed by atoms with Gasteiger partial charge in [-0.3, -0.25) is 4.98 Å². The molecule has 108 valence electrons. The highest BCUT2D eigenvalue weighted by Gasteiger charge is 2.26. The van der Waals surface area contributed by atoms with E-state index in [1.165, 1.54) is 0 Å². The van der Waals surface area contributed by atoms with E-state index in [9.17, 15) is 5.26 Å². The topological polar surface area (TPSA) is 60.7 Å². The largest absolute Gasteiger partial charge is 0.383 e. The van der Waals surface area contributed by atoms with Crippen molar-refractivity contribution in [1.82, 2.24) is 10.3 Å². The van der Waals surface area contributed by atoms with Crippen molar-refractivity contribution in [3.05, 3.63) is 36.0 Å². The zero-order chi connectivity index (χ0) is 14.7. The predicted octanol–water partition coefficient (Wildman–Crippen LogP) is 2.91. The van der Waals surface area contributed by atoms with Crippen LogP contribution < -0.4 is 10.6 Å². The molecule has 1 aliphatic rings. The molecule has 1 aromatic carbocycles. The Morgan fingerprint density at radius 2 is 2.10 bits per heavy atom. The van der Waals surface area contributed by atoms with Gasteiger partial charge in [-0.25, -0.2) is 0 Å². The summed E-state index contributed by atoms with van der Waals surface area (Å²) in [5, 5.41) is 17.3. The van der Waals surface area contributed by atoms with Crippen molar-refractivity contribution in [2.45, 2.75) is 19.8 Å². The number of hydrogen-bond donors (Lipinski definition) is 2. The van der Waals surface area contributed by atoms with Crippen LogP contribution in [0, 0.1) is 16.7 Å². The molecule has 1 aliphatic heterocycles. The van der Waals surface area contributed by atoms with Crippen LogP contribution in [0.1, 0.15) is 25.3 Å². The number of pyridine rings is 1. The Morgan fingerprint density at radius 3 is 2.86 bits per heavy atom. The second-order valence-electron chi connectivity index (χ2n) is 6.09. The van der Waals surface area contributed by atoms with Gasteiger partial charge in [0.1, 0.15) is 6.07 Å². The fraction of sp³-hybridized carbons (Fsp3) is 0.412. The maximum absolute atomic E-state index is 9.34. The molecular weight excluding hydrogens is 260 g/mol. The number of benzene rings is 1. The van der Waals surface area contributed by atoms with Crippen LogP contribution in [0.25, 0.3) is 10.9 Å². The molecule has 0 spiro atoms. The monoisotopic (exact) mass is 280 g/mol. The number of hydrogen-bond acceptors (Lipinski definition) is 4. The molecule has 21 heavy (non-hydrogen) atoms. The van der Waals surface area contributed by atoms with Crippen LogP contribution in [0.4, 0.5) is 5.69 Å². The van der Waals surface area contributed by atoms with Crippen LogP contribution >= 0.6 is 0 Å². The lowest BCUT2D eigenvalue weighted by Crippen LogP contribution is -2.39. The minimum absolute atomic E-state index is 0.280. The van der Waals surface area contributed by atoms with Gasteiger partial charge in [-0.15, -0.1) is 0 Å². The van der Waals surface area contributed by atoms with Gasteiger partial charge in [-0.05, 0) is 37.4 Å². The standard InChI is InChI=1S/C17H20N4/c1-17(6-8-19-9-7-17)12-21-16-13(10-18)11-20-15-5-3-2-4-14(15)16/h2-5,11,19H,6-9,12H2,1H3,(H,20,21). The predicted molar refractivity (Wildman–Crippen MR) is 85.2 cm³/mol. The lowest BCUT2D eigenvalue weighted by Gasteiger charge is -2.34. The van der Waals surface area contributed by atoms with Crippen LogP contribution in [0.15, 0.2) is 30.5 Å². The number of piperidine rings is 1. The minimum Gasteiger partial charge on any atom is -0.383 e. The second kappa shape index (κ2) is 5.71. The summed E-state index contributed by atoms with van der Waals surface area (Å²) in [5.74, 6) is 0. The Labute approximate surface area is 125 Å². The summed E-state index contributed by atoms with van der Waals surface area (Å²) in [6.07, 6.45) is 3.98. The average Bonchev–Trinajstić information content (AvgIpc) is 2.53. The van der Waals surface area contributed by atoms with E-state index in [1.807, 2.05) is 24.3 Å². The summed E-state index contributed by atoms with van der Waals surface area (Å²) in [4.78, 5) is 4.35. The molecule has 1 saturated heterocycles. The van der Waals surface area contributed by atoms with Crippen molar-refractivity contribution >= 4 is 16.6 Å². The number of nitrogens with zero attached hydrogens (tertiary/aromatic N) is 2. The molecule has 0 saturated carbocycles. The Hall–Kier alpha value is -2.12. The van der Waals surface area contributed by atoms with Gasteiger partial charge in [0.05, 0.1) is 16.8 Å². The van der Waals surface area contributed by atoms with E-state index in [4.69, 9.17) is 0 Å². The summed E-state index contributed by atoms with van der Waals surface area (Å²) < 4.78 is 0. The highest BCUT2D eigenvalue weighted by atomic mass is 14.9. The van der Waals surface area contributed by atoms with Crippen molar-refractivity contribution in [3.63, 3.8) is 0 Å². The normalized spacial score (nSPS) is 17.3. The Morgan fingerprint density at radius 1 is 1.33 bits per heavy atom. The van der Waals surface area contributed by atoms with E-state index in [0.29, 0.717) is 5.56 Å². The number of anilines is 1. The fourth-order valence-electron chi connectivity index (χ4n) is 2.93. The molecule has 1 aromatic heterocycles. The first kappa shape index (κ1) is 13.8. The van der Waals surface area contributed by atoms with Crippen LogP contribution in [0.5, 0.6) is 0 Å². The number of fused-ring (bicyclic) bond motifs is 1. The first-order valence-corrected chi connectivity index (χ1v) is 7.44. The maximum atomic E-state index is 9.34. The lowest BCUT2D eigenvalue weighted by atomic mass is 9.81. The highest BCUT2D eigenvalue weighted by molar-refractivity contribution is 5.93. The molecule has 2 heterocycles. The molecule has 3 rings (SSSR count). The van der Waals surface area contributed by atoms with E-state index < -0.39 is 0 Å². The Balaban J connectivity index is 1.90. The van der Waals surface area contributed by atoms with Crippen molar-refractivity contribution in [2.24, 2.45) is 5.41 Å². The molecular formula is C17H20N4. The van der Waals surface area contributed by atoms with Gasteiger partial charge in [-0.1, -0.05) is 25.1 Å². The molecule has 0 amide bonds. The minimum atomic E-state index is 0.280. The number of nitriles is 1. The quantitative estimate of drug-likeness (QED) is 0.907. The fourth-order valence-corrected chi connectivity index (χ4v) is 2.93. The molecule has 1 fully saturated rings. The van der Waals surface area contributed by atoms with Crippen molar-refractivity contribution in [2.75, 3.05) is 25.0 Å². The van der Waals surface area contributed by atoms with Crippen molar-refractivity contribution in [1.29, 1.82) is 5.26 Å². The van der Waals surface area contributed by atoms with Crippen LogP contribution in [0.3, 0.4) is 0 Å². The van der Waals surface area contributed by atoms with E-state index in [2.05, 4.69) is 28.6 Å². The third-order valence-corrected chi connectivity index (χ3v) is 4.40. The molecule has 0 bridgehead atoms. The molecule has 2 aromatic rings. The summed E-state index contributed by atoms with van der Waals surface area (Å²) in [6.45, 7) is 5.34. The zero-order valence-electron chi connectivity index (χ0n) is 12.3. The van der Waals surface area contributed by atoms with Gasteiger partial charge in [0.25, 0.3) is 0 Å². The van der Waals surface area contributed by atoms with Gasteiger partial charge in [0.2, 0.25) is 0 Å². The third kappa shape index (κ3) is 2.84. The zero-order valence-corrected chi connectivity index (χ0v) is 12.3. The maximum Gasteiger partial charge on any atom is 0.103 e. The number of rotatable bonds is 3. The average molecular weight is 280 g/mol. The van der Waals surface area contributed by atoms with Crippen molar-refractivity contribution in [3.8, 4) is 6.07 Å². The van der Waals surface area contributed by atoms with Gasteiger partial charge in [-0.2, -0.15) is 5.26 Å². The molecule has 4 nitrogen and oxygen atoms in total. The van der Waals surface area contributed by atoms with E-state index in [0.717, 1.165) is 49.1 Å². The molecule has 0 atom stereocenters. The van der Waals surface area contributed by atoms with Gasteiger partial charge in [0.15, 0.2) is 0 Å². The molecule has 0 unspecified atom stereocenters. The molecule has 0 aliphatic carbocycles. The third-order valence-electron chi connectivity index (χ3n) is 4.40. The second-order valence-corrected chi connectivity index (χ2v) is 6.09. The Bertz CT molecular complexity index is 681. The first-order chi connectivity index (χ1) is 10.2. The number of aromatic nitrogens is 1. The Kier molecular flexibility index (Phi) is 3.76. The van der Waals surface area contributed by atoms with E-state index >= 15 is 0 Å². The summed E-state index contributed by atoms with van der Waals surface area (Å²) >= 11 is 0. The van der Waals surface area contributed by atoms with E-state index in [1.54, 1.807) is 6.20 Å². The van der Waals surface area contributed by atoms with Crippen LogP contribution in [-0.2, 0) is 0 Å². The number of nitrogens with one attached hydrogen (secondary N) is 2. The summed E-state index contributed by atoms with van der Waals surface area (Å²) in [6, 6.07) is 10.2. The van der Waals surface area contributed by atoms with Gasteiger partial charge < -0.3 is 10.6 Å². The molecule has 2 N–H and O–H groups in total. The lowest BCUT2D eigenvalue weighted by molar-refractivity contribution is 0.247. The van der Waals surface area contributed by atoms with Crippen LogP contribution in [0.2, 0.25) is 0 Å². The smallest absolute Gasteiger partial charge is 0.103 e. The van der Waals surface area contributed by atoms with Gasteiger partial charge >= 0.3 is 0 Å². The molecule has 0 radical (unpaired) electrons. The van der Waals surface area contributed by atoms with Gasteiger partial charge in [0, 0.05) is 18.1 Å². The van der Waals surface area contributed by atoms with E-state index in [-0.39, 0.29) is 5.41 Å². The summed E-state index contributed by atoms with van der Waals surface area (Å²) in [7, 11) is 0. The number of para-hydroxylation sites is 1. The summed E-state index contributed by atoms with van der Waals surface area (Å²) in [5.41, 5.74) is 2.74. The van der Waals surface area contributed by atoms with Crippen LogP contribution in [-0.4, -0.2) is 24.6 Å². The molecule has 4 heteroatoms. The highest BCUT2D eigenvalue weighted by Crippen LogP contribution is 2.31. The van der Waals surface area contributed by atoms with Crippen molar-refractivity contribution < 1.29 is 0 Å².